The summed E-state index contributed by atoms with van der Waals surface area (Å²) in [4.78, 5) is 23.4. The predicted octanol–water partition coefficient (Wildman–Crippen LogP) is 4.34. The fourth-order valence-corrected chi connectivity index (χ4v) is 3.27. The van der Waals surface area contributed by atoms with E-state index in [1.165, 1.54) is 6.07 Å². The van der Waals surface area contributed by atoms with Crippen molar-refractivity contribution in [2.75, 3.05) is 11.9 Å². The van der Waals surface area contributed by atoms with Crippen LogP contribution in [0.2, 0.25) is 0 Å². The second-order valence-electron chi connectivity index (χ2n) is 7.50. The van der Waals surface area contributed by atoms with Crippen molar-refractivity contribution in [3.8, 4) is 22.9 Å². The highest BCUT2D eigenvalue weighted by atomic mass is 16.5. The molecule has 0 atom stereocenters. The smallest absolute Gasteiger partial charge is 0.284 e. The Morgan fingerprint density at radius 2 is 1.82 bits per heavy atom. The number of nitrogens with zero attached hydrogens (tertiary/aromatic N) is 2. The number of carbonyl (C=O) groups is 2. The quantitative estimate of drug-likeness (QED) is 0.373. The van der Waals surface area contributed by atoms with Crippen molar-refractivity contribution in [2.24, 2.45) is 5.73 Å². The average molecular weight is 444 g/mol. The summed E-state index contributed by atoms with van der Waals surface area (Å²) in [5.74, 6) is 0.475. The van der Waals surface area contributed by atoms with Crippen LogP contribution in [-0.4, -0.2) is 28.2 Å². The van der Waals surface area contributed by atoms with E-state index in [1.54, 1.807) is 35.0 Å². The second kappa shape index (κ2) is 9.86. The lowest BCUT2D eigenvalue weighted by atomic mass is 10.1. The minimum absolute atomic E-state index is 0.103. The molecule has 2 heterocycles. The van der Waals surface area contributed by atoms with Gasteiger partial charge in [0.1, 0.15) is 5.76 Å². The molecule has 2 amide bonds. The number of amides is 2. The molecular formula is C25H24N4O4. The standard InChI is InChI=1S/C25H24N4O4/c1-17-16-29(20-6-3-2-4-7-20)28-25(17)32-15-5-8-23(30)27-19-11-9-18(10-12-19)21-13-14-22(33-21)24(26)31/h2-4,6-7,9-14,16H,5,8,15H2,1H3,(H2,26,31)(H,27,30). The fourth-order valence-electron chi connectivity index (χ4n) is 3.27. The number of hydrogen-bond donors (Lipinski definition) is 2. The van der Waals surface area contributed by atoms with Crippen LogP contribution in [0.15, 0.2) is 77.3 Å². The number of nitrogens with two attached hydrogens (primary N) is 1. The van der Waals surface area contributed by atoms with E-state index in [-0.39, 0.29) is 11.7 Å². The van der Waals surface area contributed by atoms with E-state index in [9.17, 15) is 9.59 Å². The van der Waals surface area contributed by atoms with Crippen molar-refractivity contribution < 1.29 is 18.7 Å². The number of carbonyl (C=O) groups excluding carboxylic acids is 2. The summed E-state index contributed by atoms with van der Waals surface area (Å²) >= 11 is 0. The van der Waals surface area contributed by atoms with Crippen LogP contribution in [0, 0.1) is 6.92 Å². The molecule has 8 heteroatoms. The summed E-state index contributed by atoms with van der Waals surface area (Å²) in [6, 6.07) is 20.2. The maximum atomic E-state index is 12.3. The Kier molecular flexibility index (Phi) is 6.54. The molecule has 0 bridgehead atoms. The maximum Gasteiger partial charge on any atom is 0.284 e. The van der Waals surface area contributed by atoms with E-state index in [0.717, 1.165) is 16.8 Å². The monoisotopic (exact) mass is 444 g/mol. The molecule has 3 N–H and O–H groups in total. The molecule has 168 valence electrons. The summed E-state index contributed by atoms with van der Waals surface area (Å²) in [5.41, 5.74) is 8.55. The highest BCUT2D eigenvalue weighted by Gasteiger charge is 2.10. The van der Waals surface area contributed by atoms with Gasteiger partial charge in [0, 0.05) is 29.4 Å². The summed E-state index contributed by atoms with van der Waals surface area (Å²) in [6.45, 7) is 2.33. The Balaban J connectivity index is 1.24. The second-order valence-corrected chi connectivity index (χ2v) is 7.50. The van der Waals surface area contributed by atoms with Crippen LogP contribution in [0.4, 0.5) is 5.69 Å². The fraction of sp³-hybridized carbons (Fsp3) is 0.160. The van der Waals surface area contributed by atoms with Gasteiger partial charge in [0.05, 0.1) is 12.3 Å². The summed E-state index contributed by atoms with van der Waals surface area (Å²) < 4.78 is 13.0. The van der Waals surface area contributed by atoms with Gasteiger partial charge < -0.3 is 20.2 Å². The number of nitrogens with one attached hydrogen (secondary N) is 1. The zero-order chi connectivity index (χ0) is 23.2. The highest BCUT2D eigenvalue weighted by molar-refractivity contribution is 5.91. The van der Waals surface area contributed by atoms with E-state index >= 15 is 0 Å². The normalized spacial score (nSPS) is 10.7. The molecule has 0 radical (unpaired) electrons. The first kappa shape index (κ1) is 21.9. The minimum atomic E-state index is -0.617. The van der Waals surface area contributed by atoms with Crippen LogP contribution in [0.25, 0.3) is 17.0 Å². The molecule has 0 fully saturated rings. The molecule has 8 nitrogen and oxygen atoms in total. The number of para-hydroxylation sites is 1. The van der Waals surface area contributed by atoms with E-state index in [2.05, 4.69) is 10.4 Å². The van der Waals surface area contributed by atoms with Gasteiger partial charge >= 0.3 is 0 Å². The van der Waals surface area contributed by atoms with Crippen LogP contribution in [0.1, 0.15) is 29.0 Å². The Morgan fingerprint density at radius 3 is 2.52 bits per heavy atom. The largest absolute Gasteiger partial charge is 0.476 e. The van der Waals surface area contributed by atoms with Gasteiger partial charge in [-0.2, -0.15) is 0 Å². The molecule has 0 aliphatic carbocycles. The van der Waals surface area contributed by atoms with Crippen LogP contribution >= 0.6 is 0 Å². The molecule has 0 saturated carbocycles. The first-order valence-corrected chi connectivity index (χ1v) is 10.5. The SMILES string of the molecule is Cc1cn(-c2ccccc2)nc1OCCCC(=O)Nc1ccc(-c2ccc(C(N)=O)o2)cc1. The summed E-state index contributed by atoms with van der Waals surface area (Å²) in [5, 5.41) is 7.33. The summed E-state index contributed by atoms with van der Waals surface area (Å²) in [6.07, 6.45) is 2.79. The molecule has 0 aliphatic heterocycles. The number of benzene rings is 2. The molecule has 2 aromatic carbocycles. The van der Waals surface area contributed by atoms with Crippen LogP contribution in [0.5, 0.6) is 5.88 Å². The van der Waals surface area contributed by atoms with Gasteiger partial charge in [-0.25, -0.2) is 4.68 Å². The molecule has 0 aliphatic rings. The lowest BCUT2D eigenvalue weighted by molar-refractivity contribution is -0.116. The third-order valence-corrected chi connectivity index (χ3v) is 4.96. The van der Waals surface area contributed by atoms with E-state index in [0.29, 0.717) is 36.8 Å². The van der Waals surface area contributed by atoms with Gasteiger partial charge in [0.15, 0.2) is 5.76 Å². The topological polar surface area (TPSA) is 112 Å². The van der Waals surface area contributed by atoms with Gasteiger partial charge in [-0.15, -0.1) is 5.10 Å². The third kappa shape index (κ3) is 5.48. The Hall–Kier alpha value is -4.33. The molecular weight excluding hydrogens is 420 g/mol. The first-order chi connectivity index (χ1) is 16.0. The lowest BCUT2D eigenvalue weighted by Crippen LogP contribution is -2.13. The lowest BCUT2D eigenvalue weighted by Gasteiger charge is -2.07. The maximum absolute atomic E-state index is 12.3. The van der Waals surface area contributed by atoms with Crippen molar-refractivity contribution in [3.05, 3.63) is 84.3 Å². The minimum Gasteiger partial charge on any atom is -0.476 e. The Labute approximate surface area is 191 Å². The Bertz CT molecular complexity index is 1240. The number of rotatable bonds is 9. The Morgan fingerprint density at radius 1 is 1.06 bits per heavy atom. The molecule has 4 aromatic rings. The van der Waals surface area contributed by atoms with Crippen molar-refractivity contribution in [1.29, 1.82) is 0 Å². The van der Waals surface area contributed by atoms with E-state index < -0.39 is 5.91 Å². The number of aryl methyl sites for hydroxylation is 1. The van der Waals surface area contributed by atoms with Gasteiger partial charge in [-0.05, 0) is 61.9 Å². The van der Waals surface area contributed by atoms with Crippen molar-refractivity contribution >= 4 is 17.5 Å². The zero-order valence-corrected chi connectivity index (χ0v) is 18.2. The summed E-state index contributed by atoms with van der Waals surface area (Å²) in [7, 11) is 0. The molecule has 33 heavy (non-hydrogen) atoms. The number of hydrogen-bond acceptors (Lipinski definition) is 5. The molecule has 0 unspecified atom stereocenters. The van der Waals surface area contributed by atoms with Gasteiger partial charge in [0.25, 0.3) is 5.91 Å². The van der Waals surface area contributed by atoms with Gasteiger partial charge in [-0.1, -0.05) is 18.2 Å². The highest BCUT2D eigenvalue weighted by Crippen LogP contribution is 2.24. The van der Waals surface area contributed by atoms with Crippen molar-refractivity contribution in [1.82, 2.24) is 9.78 Å². The van der Waals surface area contributed by atoms with E-state index in [4.69, 9.17) is 14.9 Å². The third-order valence-electron chi connectivity index (χ3n) is 4.96. The molecule has 0 saturated heterocycles. The van der Waals surface area contributed by atoms with Crippen molar-refractivity contribution in [2.45, 2.75) is 19.8 Å². The van der Waals surface area contributed by atoms with Crippen LogP contribution in [-0.2, 0) is 4.79 Å². The van der Waals surface area contributed by atoms with Crippen LogP contribution in [0.3, 0.4) is 0 Å². The number of ether oxygens (including phenoxy) is 1. The average Bonchev–Trinajstić information content (AvgIpc) is 3.45. The molecule has 2 aromatic heterocycles. The van der Waals surface area contributed by atoms with Crippen molar-refractivity contribution in [3.63, 3.8) is 0 Å². The number of primary amides is 1. The van der Waals surface area contributed by atoms with E-state index in [1.807, 2.05) is 43.5 Å². The molecule has 4 rings (SSSR count). The van der Waals surface area contributed by atoms with Crippen LogP contribution < -0.4 is 15.8 Å². The number of furan rings is 1. The zero-order valence-electron chi connectivity index (χ0n) is 18.2. The van der Waals surface area contributed by atoms with Gasteiger partial charge in [-0.3, -0.25) is 9.59 Å². The number of anilines is 1. The molecule has 0 spiro atoms. The van der Waals surface area contributed by atoms with Gasteiger partial charge in [0.2, 0.25) is 11.8 Å². The predicted molar refractivity (Wildman–Crippen MR) is 124 cm³/mol. The number of aromatic nitrogens is 2. The first-order valence-electron chi connectivity index (χ1n) is 10.5.